The van der Waals surface area contributed by atoms with Crippen molar-refractivity contribution >= 4 is 17.3 Å². The minimum Gasteiger partial charge on any atom is -0.379 e. The number of nitrogens with zero attached hydrogens (tertiary/aromatic N) is 2. The molecule has 1 aromatic carbocycles. The van der Waals surface area contributed by atoms with Gasteiger partial charge in [-0.2, -0.15) is 5.10 Å². The first-order valence-corrected chi connectivity index (χ1v) is 7.37. The van der Waals surface area contributed by atoms with Gasteiger partial charge in [-0.15, -0.1) is 0 Å². The zero-order valence-corrected chi connectivity index (χ0v) is 12.6. The Bertz CT molecular complexity index is 574. The van der Waals surface area contributed by atoms with Crippen LogP contribution in [0.15, 0.2) is 36.5 Å². The lowest BCUT2D eigenvalue weighted by atomic mass is 10.2. The Labute approximate surface area is 125 Å². The third-order valence-corrected chi connectivity index (χ3v) is 3.20. The Balaban J connectivity index is 1.91. The van der Waals surface area contributed by atoms with Crippen molar-refractivity contribution < 1.29 is 4.79 Å². The van der Waals surface area contributed by atoms with Crippen LogP contribution in [0.1, 0.15) is 32.4 Å². The van der Waals surface area contributed by atoms with E-state index in [9.17, 15) is 4.79 Å². The summed E-state index contributed by atoms with van der Waals surface area (Å²) in [6.45, 7) is 5.65. The first-order chi connectivity index (χ1) is 10.2. The molecule has 2 rings (SSSR count). The van der Waals surface area contributed by atoms with Crippen molar-refractivity contribution in [2.75, 3.05) is 10.6 Å². The number of rotatable bonds is 7. The van der Waals surface area contributed by atoms with E-state index in [1.807, 2.05) is 48.1 Å². The zero-order chi connectivity index (χ0) is 15.1. The van der Waals surface area contributed by atoms with Crippen LogP contribution in [0.2, 0.25) is 0 Å². The van der Waals surface area contributed by atoms with E-state index in [1.165, 1.54) is 5.69 Å². The summed E-state index contributed by atoms with van der Waals surface area (Å²) < 4.78 is 2.02. The first kappa shape index (κ1) is 15.1. The Kier molecular flexibility index (Phi) is 5.37. The fourth-order valence-electron chi connectivity index (χ4n) is 2.04. The molecule has 0 aliphatic carbocycles. The summed E-state index contributed by atoms with van der Waals surface area (Å²) in [6, 6.07) is 9.76. The smallest absolute Gasteiger partial charge is 0.224 e. The number of hydrogen-bond donors (Lipinski definition) is 2. The first-order valence-electron chi connectivity index (χ1n) is 7.37. The van der Waals surface area contributed by atoms with Gasteiger partial charge in [0.25, 0.3) is 0 Å². The molecule has 0 atom stereocenters. The molecular weight excluding hydrogens is 264 g/mol. The number of amides is 1. The molecule has 0 saturated carbocycles. The molecule has 112 valence electrons. The van der Waals surface area contributed by atoms with Gasteiger partial charge in [0.2, 0.25) is 5.91 Å². The van der Waals surface area contributed by atoms with Gasteiger partial charge < -0.3 is 10.6 Å². The van der Waals surface area contributed by atoms with Gasteiger partial charge in [0.15, 0.2) is 0 Å². The number of anilines is 2. The predicted molar refractivity (Wildman–Crippen MR) is 85.2 cm³/mol. The second kappa shape index (κ2) is 7.47. The topological polar surface area (TPSA) is 59.0 Å². The summed E-state index contributed by atoms with van der Waals surface area (Å²) >= 11 is 0. The molecule has 0 unspecified atom stereocenters. The molecule has 1 aromatic heterocycles. The average Bonchev–Trinajstić information content (AvgIpc) is 2.94. The SMILES string of the molecule is CCCn1nccc1CNc1ccc(NC(=O)CC)cc1. The average molecular weight is 286 g/mol. The third kappa shape index (κ3) is 4.34. The molecule has 0 aliphatic rings. The second-order valence-electron chi connectivity index (χ2n) is 4.88. The molecule has 0 bridgehead atoms. The largest absolute Gasteiger partial charge is 0.379 e. The van der Waals surface area contributed by atoms with Crippen LogP contribution in [0, 0.1) is 0 Å². The number of benzene rings is 1. The maximum Gasteiger partial charge on any atom is 0.224 e. The molecule has 0 radical (unpaired) electrons. The molecule has 0 spiro atoms. The van der Waals surface area contributed by atoms with E-state index >= 15 is 0 Å². The summed E-state index contributed by atoms with van der Waals surface area (Å²) in [6.07, 6.45) is 3.39. The maximum atomic E-state index is 11.3. The molecule has 2 N–H and O–H groups in total. The van der Waals surface area contributed by atoms with Crippen molar-refractivity contribution in [2.45, 2.75) is 39.8 Å². The maximum absolute atomic E-state index is 11.3. The van der Waals surface area contributed by atoms with Crippen molar-refractivity contribution in [3.05, 3.63) is 42.2 Å². The van der Waals surface area contributed by atoms with Crippen LogP contribution in [0.3, 0.4) is 0 Å². The summed E-state index contributed by atoms with van der Waals surface area (Å²) in [5.74, 6) is 0.0270. The quantitative estimate of drug-likeness (QED) is 0.821. The van der Waals surface area contributed by atoms with Gasteiger partial charge in [0, 0.05) is 30.5 Å². The van der Waals surface area contributed by atoms with Gasteiger partial charge in [0.1, 0.15) is 0 Å². The van der Waals surface area contributed by atoms with Gasteiger partial charge in [-0.25, -0.2) is 0 Å². The van der Waals surface area contributed by atoms with E-state index in [4.69, 9.17) is 0 Å². The van der Waals surface area contributed by atoms with Crippen molar-refractivity contribution in [3.63, 3.8) is 0 Å². The standard InChI is InChI=1S/C16H22N4O/c1-3-11-20-15(9-10-18-20)12-17-13-5-7-14(8-6-13)19-16(21)4-2/h5-10,17H,3-4,11-12H2,1-2H3,(H,19,21). The van der Waals surface area contributed by atoms with E-state index in [0.717, 1.165) is 30.9 Å². The molecule has 5 heteroatoms. The van der Waals surface area contributed by atoms with E-state index in [1.54, 1.807) is 0 Å². The van der Waals surface area contributed by atoms with Crippen LogP contribution in [0.5, 0.6) is 0 Å². The highest BCUT2D eigenvalue weighted by Crippen LogP contribution is 2.15. The molecular formula is C16H22N4O. The summed E-state index contributed by atoms with van der Waals surface area (Å²) in [7, 11) is 0. The number of hydrogen-bond acceptors (Lipinski definition) is 3. The van der Waals surface area contributed by atoms with Gasteiger partial charge in [-0.3, -0.25) is 9.48 Å². The Morgan fingerprint density at radius 2 is 1.86 bits per heavy atom. The van der Waals surface area contributed by atoms with E-state index < -0.39 is 0 Å². The fourth-order valence-corrected chi connectivity index (χ4v) is 2.04. The number of carbonyl (C=O) groups is 1. The van der Waals surface area contributed by atoms with E-state index in [0.29, 0.717) is 6.42 Å². The molecule has 2 aromatic rings. The number of nitrogens with one attached hydrogen (secondary N) is 2. The predicted octanol–water partition coefficient (Wildman–Crippen LogP) is 3.25. The van der Waals surface area contributed by atoms with Crippen molar-refractivity contribution in [1.29, 1.82) is 0 Å². The Hall–Kier alpha value is -2.30. The van der Waals surface area contributed by atoms with Crippen molar-refractivity contribution in [3.8, 4) is 0 Å². The number of aryl methyl sites for hydroxylation is 1. The molecule has 0 fully saturated rings. The molecule has 0 aliphatic heterocycles. The molecule has 1 amide bonds. The van der Waals surface area contributed by atoms with Crippen LogP contribution in [0.25, 0.3) is 0 Å². The van der Waals surface area contributed by atoms with Crippen LogP contribution >= 0.6 is 0 Å². The van der Waals surface area contributed by atoms with Gasteiger partial charge in [-0.05, 0) is 36.8 Å². The number of carbonyl (C=O) groups excluding carboxylic acids is 1. The van der Waals surface area contributed by atoms with Crippen LogP contribution in [0.4, 0.5) is 11.4 Å². The number of aromatic nitrogens is 2. The highest BCUT2D eigenvalue weighted by molar-refractivity contribution is 5.90. The van der Waals surface area contributed by atoms with Gasteiger partial charge in [-0.1, -0.05) is 13.8 Å². The third-order valence-electron chi connectivity index (χ3n) is 3.20. The molecule has 0 saturated heterocycles. The minimum absolute atomic E-state index is 0.0270. The zero-order valence-electron chi connectivity index (χ0n) is 12.6. The fraction of sp³-hybridized carbons (Fsp3) is 0.375. The van der Waals surface area contributed by atoms with E-state index in [2.05, 4.69) is 22.7 Å². The molecule has 5 nitrogen and oxygen atoms in total. The second-order valence-corrected chi connectivity index (χ2v) is 4.88. The van der Waals surface area contributed by atoms with Crippen LogP contribution in [-0.4, -0.2) is 15.7 Å². The Morgan fingerprint density at radius 1 is 1.14 bits per heavy atom. The van der Waals surface area contributed by atoms with Crippen molar-refractivity contribution in [1.82, 2.24) is 9.78 Å². The summed E-state index contributed by atoms with van der Waals surface area (Å²) in [5, 5.41) is 10.5. The molecule has 1 heterocycles. The lowest BCUT2D eigenvalue weighted by molar-refractivity contribution is -0.115. The van der Waals surface area contributed by atoms with Crippen LogP contribution in [-0.2, 0) is 17.9 Å². The van der Waals surface area contributed by atoms with Gasteiger partial charge >= 0.3 is 0 Å². The van der Waals surface area contributed by atoms with Gasteiger partial charge in [0.05, 0.1) is 12.2 Å². The molecule has 21 heavy (non-hydrogen) atoms. The summed E-state index contributed by atoms with van der Waals surface area (Å²) in [4.78, 5) is 11.3. The highest BCUT2D eigenvalue weighted by atomic mass is 16.1. The normalized spacial score (nSPS) is 10.4. The lowest BCUT2D eigenvalue weighted by Crippen LogP contribution is -2.10. The minimum atomic E-state index is 0.0270. The van der Waals surface area contributed by atoms with Crippen molar-refractivity contribution in [2.24, 2.45) is 0 Å². The Morgan fingerprint density at radius 3 is 2.52 bits per heavy atom. The highest BCUT2D eigenvalue weighted by Gasteiger charge is 2.02. The van der Waals surface area contributed by atoms with Crippen LogP contribution < -0.4 is 10.6 Å². The van der Waals surface area contributed by atoms with E-state index in [-0.39, 0.29) is 5.91 Å². The summed E-state index contributed by atoms with van der Waals surface area (Å²) in [5.41, 5.74) is 3.01. The monoisotopic (exact) mass is 286 g/mol. The lowest BCUT2D eigenvalue weighted by Gasteiger charge is -2.10.